The van der Waals surface area contributed by atoms with Crippen LogP contribution in [0.15, 0.2) is 0 Å². The fraction of sp³-hybridized carbons (Fsp3) is 0.909. The molecule has 0 aromatic carbocycles. The third kappa shape index (κ3) is 3.29. The second kappa shape index (κ2) is 4.78. The van der Waals surface area contributed by atoms with Gasteiger partial charge in [0.15, 0.2) is 0 Å². The molecule has 14 heavy (non-hydrogen) atoms. The highest BCUT2D eigenvalue weighted by atomic mass is 16.1. The summed E-state index contributed by atoms with van der Waals surface area (Å²) in [5.74, 6) is 0.0532. The number of carbonyl (C=O) groups excluding carboxylic acids is 1. The van der Waals surface area contributed by atoms with Crippen molar-refractivity contribution in [1.82, 2.24) is 10.6 Å². The highest BCUT2D eigenvalue weighted by Gasteiger charge is 2.33. The zero-order valence-corrected chi connectivity index (χ0v) is 9.52. The smallest absolute Gasteiger partial charge is 0.216 e. The van der Waals surface area contributed by atoms with E-state index in [0.717, 1.165) is 13.1 Å². The van der Waals surface area contributed by atoms with Crippen molar-refractivity contribution in [3.8, 4) is 0 Å². The summed E-state index contributed by atoms with van der Waals surface area (Å²) in [6, 6.07) is 0.622. The van der Waals surface area contributed by atoms with Crippen LogP contribution < -0.4 is 10.6 Å². The van der Waals surface area contributed by atoms with Crippen LogP contribution in [0.1, 0.15) is 40.0 Å². The Labute approximate surface area is 86.6 Å². The summed E-state index contributed by atoms with van der Waals surface area (Å²) in [5, 5.41) is 6.31. The van der Waals surface area contributed by atoms with E-state index in [0.29, 0.717) is 11.5 Å². The molecule has 1 fully saturated rings. The van der Waals surface area contributed by atoms with Gasteiger partial charge in [-0.15, -0.1) is 0 Å². The predicted octanol–water partition coefficient (Wildman–Crippen LogP) is 1.29. The van der Waals surface area contributed by atoms with Gasteiger partial charge in [-0.05, 0) is 18.3 Å². The second-order valence-electron chi connectivity index (χ2n) is 4.87. The van der Waals surface area contributed by atoms with Crippen LogP contribution in [0, 0.1) is 5.41 Å². The molecule has 1 unspecified atom stereocenters. The quantitative estimate of drug-likeness (QED) is 0.668. The first-order valence-corrected chi connectivity index (χ1v) is 5.50. The van der Waals surface area contributed by atoms with Crippen LogP contribution in [0.5, 0.6) is 0 Å². The van der Waals surface area contributed by atoms with Crippen molar-refractivity contribution < 1.29 is 4.79 Å². The lowest BCUT2D eigenvalue weighted by molar-refractivity contribution is -0.118. The summed E-state index contributed by atoms with van der Waals surface area (Å²) < 4.78 is 0. The summed E-state index contributed by atoms with van der Waals surface area (Å²) in [6.45, 7) is 7.81. The van der Waals surface area contributed by atoms with Crippen LogP contribution in [-0.4, -0.2) is 25.0 Å². The van der Waals surface area contributed by atoms with Crippen molar-refractivity contribution in [2.45, 2.75) is 46.1 Å². The average Bonchev–Trinajstić information content (AvgIpc) is 2.39. The Morgan fingerprint density at radius 1 is 1.43 bits per heavy atom. The third-order valence-electron chi connectivity index (χ3n) is 3.15. The van der Waals surface area contributed by atoms with Crippen molar-refractivity contribution in [2.24, 2.45) is 5.41 Å². The SMILES string of the molecule is CC(=O)NCCNC1CCCC1(C)C. The van der Waals surface area contributed by atoms with Gasteiger partial charge >= 0.3 is 0 Å². The molecule has 0 aliphatic heterocycles. The standard InChI is InChI=1S/C11H22N2O/c1-9(14)12-7-8-13-10-5-4-6-11(10,2)3/h10,13H,4-8H2,1-3H3,(H,12,14). The van der Waals surface area contributed by atoms with Crippen LogP contribution in [-0.2, 0) is 4.79 Å². The van der Waals surface area contributed by atoms with Crippen LogP contribution in [0.2, 0.25) is 0 Å². The maximum absolute atomic E-state index is 10.6. The van der Waals surface area contributed by atoms with E-state index in [4.69, 9.17) is 0 Å². The second-order valence-corrected chi connectivity index (χ2v) is 4.87. The molecule has 2 N–H and O–H groups in total. The number of nitrogens with one attached hydrogen (secondary N) is 2. The molecule has 1 atom stereocenters. The molecule has 3 heteroatoms. The molecule has 1 rings (SSSR count). The number of amides is 1. The van der Waals surface area contributed by atoms with Gasteiger partial charge in [0.25, 0.3) is 0 Å². The van der Waals surface area contributed by atoms with E-state index in [1.165, 1.54) is 19.3 Å². The van der Waals surface area contributed by atoms with Crippen molar-refractivity contribution in [3.63, 3.8) is 0 Å². The third-order valence-corrected chi connectivity index (χ3v) is 3.15. The van der Waals surface area contributed by atoms with Gasteiger partial charge in [0.2, 0.25) is 5.91 Å². The Morgan fingerprint density at radius 3 is 2.64 bits per heavy atom. The van der Waals surface area contributed by atoms with E-state index >= 15 is 0 Å². The maximum Gasteiger partial charge on any atom is 0.216 e. The number of carbonyl (C=O) groups is 1. The van der Waals surface area contributed by atoms with Crippen molar-refractivity contribution in [1.29, 1.82) is 0 Å². The van der Waals surface area contributed by atoms with Crippen molar-refractivity contribution in [2.75, 3.05) is 13.1 Å². The molecule has 0 aromatic rings. The Kier molecular flexibility index (Phi) is 3.93. The fourth-order valence-corrected chi connectivity index (χ4v) is 2.19. The molecule has 1 saturated carbocycles. The van der Waals surface area contributed by atoms with Gasteiger partial charge < -0.3 is 10.6 Å². The number of hydrogen-bond donors (Lipinski definition) is 2. The molecule has 0 spiro atoms. The number of hydrogen-bond acceptors (Lipinski definition) is 2. The first-order valence-electron chi connectivity index (χ1n) is 5.50. The Balaban J connectivity index is 2.15. The Morgan fingerprint density at radius 2 is 2.14 bits per heavy atom. The molecule has 0 heterocycles. The highest BCUT2D eigenvalue weighted by Crippen LogP contribution is 2.36. The van der Waals surface area contributed by atoms with Gasteiger partial charge in [0.05, 0.1) is 0 Å². The molecule has 1 aliphatic carbocycles. The van der Waals surface area contributed by atoms with Crippen LogP contribution in [0.4, 0.5) is 0 Å². The molecule has 0 radical (unpaired) electrons. The minimum absolute atomic E-state index is 0.0532. The fourth-order valence-electron chi connectivity index (χ4n) is 2.19. The Bertz CT molecular complexity index is 201. The maximum atomic E-state index is 10.6. The number of rotatable bonds is 4. The molecule has 0 saturated heterocycles. The van der Waals surface area contributed by atoms with Gasteiger partial charge in [-0.1, -0.05) is 20.3 Å². The molecule has 82 valence electrons. The van der Waals surface area contributed by atoms with Gasteiger partial charge in [-0.25, -0.2) is 0 Å². The summed E-state index contributed by atoms with van der Waals surface area (Å²) in [5.41, 5.74) is 0.427. The molecule has 1 amide bonds. The van der Waals surface area contributed by atoms with E-state index < -0.39 is 0 Å². The summed E-state index contributed by atoms with van der Waals surface area (Å²) in [6.07, 6.45) is 3.91. The van der Waals surface area contributed by atoms with Crippen LogP contribution in [0.25, 0.3) is 0 Å². The first kappa shape index (κ1) is 11.5. The molecular weight excluding hydrogens is 176 g/mol. The van der Waals surface area contributed by atoms with E-state index in [1.807, 2.05) is 0 Å². The predicted molar refractivity (Wildman–Crippen MR) is 58.1 cm³/mol. The average molecular weight is 198 g/mol. The lowest BCUT2D eigenvalue weighted by Gasteiger charge is -2.27. The van der Waals surface area contributed by atoms with E-state index in [9.17, 15) is 4.79 Å². The van der Waals surface area contributed by atoms with Gasteiger partial charge in [-0.2, -0.15) is 0 Å². The zero-order valence-electron chi connectivity index (χ0n) is 9.52. The van der Waals surface area contributed by atoms with Gasteiger partial charge in [-0.3, -0.25) is 4.79 Å². The molecular formula is C11H22N2O. The largest absolute Gasteiger partial charge is 0.355 e. The van der Waals surface area contributed by atoms with Gasteiger partial charge in [0, 0.05) is 26.1 Å². The van der Waals surface area contributed by atoms with Crippen molar-refractivity contribution in [3.05, 3.63) is 0 Å². The normalized spacial score (nSPS) is 24.9. The topological polar surface area (TPSA) is 41.1 Å². The van der Waals surface area contributed by atoms with Crippen LogP contribution >= 0.6 is 0 Å². The summed E-state index contributed by atoms with van der Waals surface area (Å²) in [4.78, 5) is 10.6. The lowest BCUT2D eigenvalue weighted by atomic mass is 9.87. The zero-order chi connectivity index (χ0) is 10.6. The van der Waals surface area contributed by atoms with Crippen molar-refractivity contribution >= 4 is 5.91 Å². The van der Waals surface area contributed by atoms with E-state index in [1.54, 1.807) is 6.92 Å². The molecule has 3 nitrogen and oxygen atoms in total. The molecule has 0 aromatic heterocycles. The monoisotopic (exact) mass is 198 g/mol. The lowest BCUT2D eigenvalue weighted by Crippen LogP contribution is -2.41. The minimum atomic E-state index is 0.0532. The molecule has 0 bridgehead atoms. The van der Waals surface area contributed by atoms with E-state index in [-0.39, 0.29) is 5.91 Å². The van der Waals surface area contributed by atoms with E-state index in [2.05, 4.69) is 24.5 Å². The first-order chi connectivity index (χ1) is 6.52. The summed E-state index contributed by atoms with van der Waals surface area (Å²) >= 11 is 0. The summed E-state index contributed by atoms with van der Waals surface area (Å²) in [7, 11) is 0. The van der Waals surface area contributed by atoms with Gasteiger partial charge in [0.1, 0.15) is 0 Å². The minimum Gasteiger partial charge on any atom is -0.355 e. The molecule has 1 aliphatic rings. The highest BCUT2D eigenvalue weighted by molar-refractivity contribution is 5.72. The Hall–Kier alpha value is -0.570. The van der Waals surface area contributed by atoms with Crippen LogP contribution in [0.3, 0.4) is 0 Å².